The maximum absolute atomic E-state index is 14.1. The number of carbonyl (C=O) groups excluding carboxylic acids is 3. The summed E-state index contributed by atoms with van der Waals surface area (Å²) in [5.74, 6) is -0.611. The van der Waals surface area contributed by atoms with Gasteiger partial charge in [-0.05, 0) is 43.7 Å². The van der Waals surface area contributed by atoms with E-state index in [0.717, 1.165) is 25.7 Å². The van der Waals surface area contributed by atoms with Crippen molar-refractivity contribution < 1.29 is 23.5 Å². The molecule has 1 aliphatic heterocycles. The number of para-hydroxylation sites is 1. The third-order valence-electron chi connectivity index (χ3n) is 6.48. The summed E-state index contributed by atoms with van der Waals surface area (Å²) in [4.78, 5) is 48.1. The van der Waals surface area contributed by atoms with Crippen LogP contribution < -0.4 is 5.32 Å². The molecule has 0 bridgehead atoms. The van der Waals surface area contributed by atoms with Gasteiger partial charge in [0.2, 0.25) is 5.91 Å². The molecule has 8 nitrogen and oxygen atoms in total. The predicted octanol–water partition coefficient (Wildman–Crippen LogP) is 4.70. The zero-order valence-corrected chi connectivity index (χ0v) is 21.1. The van der Waals surface area contributed by atoms with Crippen molar-refractivity contribution in [1.29, 1.82) is 0 Å². The van der Waals surface area contributed by atoms with Crippen LogP contribution in [-0.4, -0.2) is 57.9 Å². The molecular formula is C26H37FN4O4. The lowest BCUT2D eigenvalue weighted by molar-refractivity contribution is -0.137. The number of rotatable bonds is 10. The van der Waals surface area contributed by atoms with Gasteiger partial charge in [0.15, 0.2) is 11.6 Å². The van der Waals surface area contributed by atoms with E-state index >= 15 is 0 Å². The number of benzene rings is 1. The van der Waals surface area contributed by atoms with Gasteiger partial charge in [0.1, 0.15) is 11.3 Å². The number of aromatic amines is 1. The molecular weight excluding hydrogens is 451 g/mol. The highest BCUT2D eigenvalue weighted by molar-refractivity contribution is 5.92. The molecule has 1 aromatic heterocycles. The third kappa shape index (κ3) is 7.02. The minimum absolute atomic E-state index is 0.0288. The van der Waals surface area contributed by atoms with E-state index in [1.807, 2.05) is 18.7 Å². The van der Waals surface area contributed by atoms with Crippen molar-refractivity contribution in [2.45, 2.75) is 84.2 Å². The molecule has 3 rings (SSSR count). The molecule has 192 valence electrons. The van der Waals surface area contributed by atoms with Gasteiger partial charge >= 0.3 is 6.09 Å². The molecule has 3 atom stereocenters. The number of carbonyl (C=O) groups is 3. The molecule has 1 aliphatic rings. The molecule has 2 heterocycles. The van der Waals surface area contributed by atoms with Crippen LogP contribution in [0, 0.1) is 11.7 Å². The molecule has 1 aromatic carbocycles. The number of nitrogens with zero attached hydrogens (tertiary/aromatic N) is 2. The van der Waals surface area contributed by atoms with Crippen molar-refractivity contribution in [2.75, 3.05) is 13.2 Å². The molecule has 0 saturated carbocycles. The molecule has 35 heavy (non-hydrogen) atoms. The predicted molar refractivity (Wildman–Crippen MR) is 131 cm³/mol. The fourth-order valence-electron chi connectivity index (χ4n) is 4.51. The van der Waals surface area contributed by atoms with Gasteiger partial charge in [-0.3, -0.25) is 9.59 Å². The lowest BCUT2D eigenvalue weighted by atomic mass is 9.95. The van der Waals surface area contributed by atoms with E-state index in [1.165, 1.54) is 6.07 Å². The van der Waals surface area contributed by atoms with Crippen molar-refractivity contribution in [3.05, 3.63) is 29.8 Å². The molecule has 1 saturated heterocycles. The number of aromatic nitrogens is 2. The number of ether oxygens (including phenoxy) is 1. The normalized spacial score (nSPS) is 17.9. The summed E-state index contributed by atoms with van der Waals surface area (Å²) in [5.41, 5.74) is 0.775. The molecule has 0 radical (unpaired) electrons. The number of fused-ring (bicyclic) bond motifs is 1. The highest BCUT2D eigenvalue weighted by Gasteiger charge is 2.32. The number of alkyl carbamates (subject to hydrolysis) is 1. The lowest BCUT2D eigenvalue weighted by Crippen LogP contribution is -2.49. The van der Waals surface area contributed by atoms with Crippen LogP contribution in [0.25, 0.3) is 11.0 Å². The number of likely N-dealkylation sites (tertiary alicyclic amines) is 1. The Bertz CT molecular complexity index is 1040. The van der Waals surface area contributed by atoms with Crippen molar-refractivity contribution >= 4 is 28.8 Å². The standard InChI is InChI=1S/C26H37FN4O4/c1-5-18-9-6-7-12-31(18)23(33)14-21(29-26(34)35-15-16(2)3)22(32)13-17(4)25-28-20-11-8-10-19(27)24(20)30-25/h8,10-11,16-18,21H,5-7,9,12-15H2,1-4H3,(H,28,30)(H,29,34)/t17-,18+,21+/m1/s1. The fourth-order valence-corrected chi connectivity index (χ4v) is 4.51. The number of nitrogens with one attached hydrogen (secondary N) is 2. The Labute approximate surface area is 206 Å². The average Bonchev–Trinajstić information content (AvgIpc) is 3.28. The van der Waals surface area contributed by atoms with Crippen LogP contribution in [0.15, 0.2) is 18.2 Å². The van der Waals surface area contributed by atoms with Crippen LogP contribution in [0.4, 0.5) is 9.18 Å². The first-order valence-corrected chi connectivity index (χ1v) is 12.6. The van der Waals surface area contributed by atoms with Crippen LogP contribution >= 0.6 is 0 Å². The second kappa shape index (κ2) is 12.1. The van der Waals surface area contributed by atoms with Crippen LogP contribution in [-0.2, 0) is 14.3 Å². The first kappa shape index (κ1) is 26.6. The quantitative estimate of drug-likeness (QED) is 0.505. The number of H-pyrrole nitrogens is 1. The third-order valence-corrected chi connectivity index (χ3v) is 6.48. The number of ketones is 1. The molecule has 2 aromatic rings. The summed E-state index contributed by atoms with van der Waals surface area (Å²) in [6.07, 6.45) is 3.02. The Morgan fingerprint density at radius 1 is 1.23 bits per heavy atom. The topological polar surface area (TPSA) is 104 Å². The van der Waals surface area contributed by atoms with Gasteiger partial charge in [0.05, 0.1) is 24.6 Å². The molecule has 2 amide bonds. The van der Waals surface area contributed by atoms with Gasteiger partial charge in [0, 0.05) is 24.9 Å². The smallest absolute Gasteiger partial charge is 0.407 e. The molecule has 0 unspecified atom stereocenters. The Hall–Kier alpha value is -2.97. The zero-order valence-electron chi connectivity index (χ0n) is 21.1. The lowest BCUT2D eigenvalue weighted by Gasteiger charge is -2.36. The molecule has 1 fully saturated rings. The largest absolute Gasteiger partial charge is 0.449 e. The maximum atomic E-state index is 14.1. The summed E-state index contributed by atoms with van der Waals surface area (Å²) in [7, 11) is 0. The second-order valence-corrected chi connectivity index (χ2v) is 9.87. The summed E-state index contributed by atoms with van der Waals surface area (Å²) < 4.78 is 19.3. The van der Waals surface area contributed by atoms with Crippen molar-refractivity contribution in [1.82, 2.24) is 20.2 Å². The number of halogens is 1. The van der Waals surface area contributed by atoms with Crippen LogP contribution in [0.3, 0.4) is 0 Å². The molecule has 0 spiro atoms. The Morgan fingerprint density at radius 3 is 2.69 bits per heavy atom. The number of hydrogen-bond donors (Lipinski definition) is 2. The summed E-state index contributed by atoms with van der Waals surface area (Å²) in [5, 5.41) is 2.62. The minimum atomic E-state index is -1.01. The van der Waals surface area contributed by atoms with E-state index < -0.39 is 18.0 Å². The van der Waals surface area contributed by atoms with Crippen LogP contribution in [0.1, 0.15) is 78.0 Å². The first-order valence-electron chi connectivity index (χ1n) is 12.6. The highest BCUT2D eigenvalue weighted by atomic mass is 19.1. The number of piperidine rings is 1. The summed E-state index contributed by atoms with van der Waals surface area (Å²) in [6, 6.07) is 3.80. The monoisotopic (exact) mass is 488 g/mol. The molecule has 2 N–H and O–H groups in total. The Morgan fingerprint density at radius 2 is 2.00 bits per heavy atom. The van der Waals surface area contributed by atoms with Gasteiger partial charge in [-0.25, -0.2) is 14.2 Å². The zero-order chi connectivity index (χ0) is 25.5. The van der Waals surface area contributed by atoms with Crippen molar-refractivity contribution in [2.24, 2.45) is 5.92 Å². The van der Waals surface area contributed by atoms with E-state index in [-0.39, 0.29) is 54.5 Å². The fraction of sp³-hybridized carbons (Fsp3) is 0.615. The Balaban J connectivity index is 1.73. The SMILES string of the molecule is CC[C@H]1CCCCN1C(=O)C[C@H](NC(=O)OCC(C)C)C(=O)C[C@@H](C)c1nc2c(F)cccc2[nH]1. The van der Waals surface area contributed by atoms with Gasteiger partial charge in [-0.2, -0.15) is 0 Å². The van der Waals surface area contributed by atoms with Gasteiger partial charge in [-0.15, -0.1) is 0 Å². The second-order valence-electron chi connectivity index (χ2n) is 9.87. The van der Waals surface area contributed by atoms with Crippen LogP contribution in [0.5, 0.6) is 0 Å². The number of amides is 2. The molecule has 9 heteroatoms. The van der Waals surface area contributed by atoms with Gasteiger partial charge < -0.3 is 19.9 Å². The molecule has 0 aliphatic carbocycles. The van der Waals surface area contributed by atoms with Gasteiger partial charge in [0.25, 0.3) is 0 Å². The number of imidazole rings is 1. The van der Waals surface area contributed by atoms with Gasteiger partial charge in [-0.1, -0.05) is 33.8 Å². The number of hydrogen-bond acceptors (Lipinski definition) is 5. The minimum Gasteiger partial charge on any atom is -0.449 e. The van der Waals surface area contributed by atoms with Crippen LogP contribution in [0.2, 0.25) is 0 Å². The number of Topliss-reactive ketones (excluding diaryl/α,β-unsaturated/α-hetero) is 1. The van der Waals surface area contributed by atoms with E-state index in [0.29, 0.717) is 17.9 Å². The van der Waals surface area contributed by atoms with Crippen molar-refractivity contribution in [3.63, 3.8) is 0 Å². The Kier molecular flexibility index (Phi) is 9.23. The maximum Gasteiger partial charge on any atom is 0.407 e. The first-order chi connectivity index (χ1) is 16.7. The average molecular weight is 489 g/mol. The van der Waals surface area contributed by atoms with E-state index in [2.05, 4.69) is 22.2 Å². The summed E-state index contributed by atoms with van der Waals surface area (Å²) in [6.45, 7) is 8.57. The van der Waals surface area contributed by atoms with E-state index in [9.17, 15) is 18.8 Å². The summed E-state index contributed by atoms with van der Waals surface area (Å²) >= 11 is 0. The van der Waals surface area contributed by atoms with E-state index in [1.54, 1.807) is 19.1 Å². The van der Waals surface area contributed by atoms with E-state index in [4.69, 9.17) is 4.74 Å². The van der Waals surface area contributed by atoms with Crippen molar-refractivity contribution in [3.8, 4) is 0 Å². The highest BCUT2D eigenvalue weighted by Crippen LogP contribution is 2.24.